The number of carbonyl (C=O) groups is 1. The lowest BCUT2D eigenvalue weighted by molar-refractivity contribution is -0.159. The van der Waals surface area contributed by atoms with Crippen LogP contribution in [0, 0.1) is 23.2 Å². The summed E-state index contributed by atoms with van der Waals surface area (Å²) in [6, 6.07) is 0. The second-order valence-electron chi connectivity index (χ2n) is 10.6. The Morgan fingerprint density at radius 1 is 1.07 bits per heavy atom. The molecule has 4 aliphatic carbocycles. The van der Waals surface area contributed by atoms with E-state index in [1.807, 2.05) is 0 Å². The first kappa shape index (κ1) is 20.2. The number of nitrogens with zero attached hydrogens (tertiary/aromatic N) is 2. The minimum Gasteiger partial charge on any atom is -0.389 e. The lowest BCUT2D eigenvalue weighted by Gasteiger charge is -2.57. The van der Waals surface area contributed by atoms with Gasteiger partial charge in [0.05, 0.1) is 30.8 Å². The van der Waals surface area contributed by atoms with Crippen LogP contribution < -0.4 is 0 Å². The predicted molar refractivity (Wildman–Crippen MR) is 109 cm³/mol. The molecule has 0 aromatic rings. The molecule has 0 radical (unpaired) electrons. The minimum absolute atomic E-state index is 0.0212. The van der Waals surface area contributed by atoms with Crippen molar-refractivity contribution in [1.29, 1.82) is 0 Å². The van der Waals surface area contributed by atoms with Crippen LogP contribution in [0.15, 0.2) is 0 Å². The summed E-state index contributed by atoms with van der Waals surface area (Å²) in [4.78, 5) is 17.9. The molecule has 2 heterocycles. The second kappa shape index (κ2) is 8.45. The van der Waals surface area contributed by atoms with Gasteiger partial charge in [-0.3, -0.25) is 9.69 Å². The molecule has 2 atom stereocenters. The standard InChI is InChI=1S/C23H38N2O4/c26-20(15-28-16-21-2-1-7-29-21)14-24-3-5-25(6-4-24)22(27)23-11-17-8-18(12-23)10-19(9-17)13-23/h17-21,26H,1-16H2. The summed E-state index contributed by atoms with van der Waals surface area (Å²) < 4.78 is 11.2. The Morgan fingerprint density at radius 3 is 2.31 bits per heavy atom. The molecule has 0 aromatic carbocycles. The highest BCUT2D eigenvalue weighted by Crippen LogP contribution is 2.60. The van der Waals surface area contributed by atoms with Crippen molar-refractivity contribution in [2.24, 2.45) is 23.2 Å². The number of ether oxygens (including phenoxy) is 2. The number of piperazine rings is 1. The van der Waals surface area contributed by atoms with E-state index in [1.54, 1.807) is 0 Å². The Balaban J connectivity index is 1.05. The molecule has 0 spiro atoms. The molecular formula is C23H38N2O4. The zero-order chi connectivity index (χ0) is 19.8. The van der Waals surface area contributed by atoms with Crippen LogP contribution in [-0.2, 0) is 14.3 Å². The number of β-amino-alcohol motifs (C(OH)–C–C–N with tert-alkyl or cyclic N) is 1. The topological polar surface area (TPSA) is 62.2 Å². The molecule has 6 heteroatoms. The van der Waals surface area contributed by atoms with Crippen LogP contribution in [0.2, 0.25) is 0 Å². The molecule has 4 saturated carbocycles. The van der Waals surface area contributed by atoms with Crippen molar-refractivity contribution in [3.8, 4) is 0 Å². The maximum absolute atomic E-state index is 13.5. The number of hydrogen-bond donors (Lipinski definition) is 1. The van der Waals surface area contributed by atoms with Crippen molar-refractivity contribution in [2.45, 2.75) is 63.6 Å². The number of carbonyl (C=O) groups excluding carboxylic acids is 1. The van der Waals surface area contributed by atoms with Gasteiger partial charge in [0.15, 0.2) is 0 Å². The van der Waals surface area contributed by atoms with Crippen molar-refractivity contribution in [2.75, 3.05) is 52.5 Å². The molecule has 1 amide bonds. The highest BCUT2D eigenvalue weighted by molar-refractivity contribution is 5.83. The van der Waals surface area contributed by atoms with E-state index in [-0.39, 0.29) is 11.5 Å². The van der Waals surface area contributed by atoms with Crippen LogP contribution in [-0.4, -0.2) is 85.6 Å². The maximum Gasteiger partial charge on any atom is 0.228 e. The Morgan fingerprint density at radius 2 is 1.72 bits per heavy atom. The smallest absolute Gasteiger partial charge is 0.228 e. The van der Waals surface area contributed by atoms with Gasteiger partial charge in [-0.15, -0.1) is 0 Å². The Bertz CT molecular complexity index is 548. The third-order valence-corrected chi connectivity index (χ3v) is 8.26. The summed E-state index contributed by atoms with van der Waals surface area (Å²) in [6.07, 6.45) is 9.52. The average molecular weight is 407 g/mol. The maximum atomic E-state index is 13.5. The fourth-order valence-corrected chi connectivity index (χ4v) is 7.30. The van der Waals surface area contributed by atoms with Crippen LogP contribution >= 0.6 is 0 Å². The van der Waals surface area contributed by atoms with Crippen molar-refractivity contribution >= 4 is 5.91 Å². The van der Waals surface area contributed by atoms with E-state index < -0.39 is 6.10 Å². The summed E-state index contributed by atoms with van der Waals surface area (Å²) in [5, 5.41) is 10.3. The van der Waals surface area contributed by atoms with Gasteiger partial charge in [0, 0.05) is 39.3 Å². The quantitative estimate of drug-likeness (QED) is 0.700. The van der Waals surface area contributed by atoms with Crippen molar-refractivity contribution in [1.82, 2.24) is 9.80 Å². The normalized spacial score (nSPS) is 40.5. The number of hydrogen-bond acceptors (Lipinski definition) is 5. The zero-order valence-corrected chi connectivity index (χ0v) is 17.8. The summed E-state index contributed by atoms with van der Waals surface area (Å²) in [6.45, 7) is 5.76. The monoisotopic (exact) mass is 406 g/mol. The van der Waals surface area contributed by atoms with Crippen LogP contribution in [0.1, 0.15) is 51.4 Å². The molecular weight excluding hydrogens is 368 g/mol. The summed E-state index contributed by atoms with van der Waals surface area (Å²) in [5.74, 6) is 2.90. The highest BCUT2D eigenvalue weighted by Gasteiger charge is 2.55. The average Bonchev–Trinajstić information content (AvgIpc) is 3.20. The molecule has 6 fully saturated rings. The van der Waals surface area contributed by atoms with Gasteiger partial charge in [0.1, 0.15) is 0 Å². The van der Waals surface area contributed by atoms with E-state index >= 15 is 0 Å². The molecule has 4 bridgehead atoms. The second-order valence-corrected chi connectivity index (χ2v) is 10.6. The van der Waals surface area contributed by atoms with Gasteiger partial charge in [-0.1, -0.05) is 0 Å². The number of aliphatic hydroxyl groups excluding tert-OH is 1. The van der Waals surface area contributed by atoms with E-state index in [9.17, 15) is 9.90 Å². The van der Waals surface area contributed by atoms with E-state index in [2.05, 4.69) is 9.80 Å². The van der Waals surface area contributed by atoms with E-state index in [1.165, 1.54) is 19.3 Å². The van der Waals surface area contributed by atoms with E-state index in [4.69, 9.17) is 9.47 Å². The molecule has 0 aromatic heterocycles. The Hall–Kier alpha value is -0.690. The number of aliphatic hydroxyl groups is 1. The van der Waals surface area contributed by atoms with Gasteiger partial charge in [-0.25, -0.2) is 0 Å². The lowest BCUT2D eigenvalue weighted by atomic mass is 9.49. The SMILES string of the molecule is O=C(N1CCN(CC(O)COCC2CCCO2)CC1)C12CC3CC(CC(C3)C1)C2. The Kier molecular flexibility index (Phi) is 5.89. The predicted octanol–water partition coefficient (Wildman–Crippen LogP) is 1.90. The molecule has 164 valence electrons. The summed E-state index contributed by atoms with van der Waals surface area (Å²) >= 11 is 0. The van der Waals surface area contributed by atoms with E-state index in [0.717, 1.165) is 82.6 Å². The summed E-state index contributed by atoms with van der Waals surface area (Å²) in [7, 11) is 0. The lowest BCUT2D eigenvalue weighted by Crippen LogP contribution is -2.58. The Labute approximate surface area is 174 Å². The molecule has 6 aliphatic rings. The highest BCUT2D eigenvalue weighted by atomic mass is 16.5. The molecule has 2 aliphatic heterocycles. The van der Waals surface area contributed by atoms with Crippen LogP contribution in [0.25, 0.3) is 0 Å². The molecule has 29 heavy (non-hydrogen) atoms. The van der Waals surface area contributed by atoms with Gasteiger partial charge in [-0.05, 0) is 69.1 Å². The zero-order valence-electron chi connectivity index (χ0n) is 17.8. The first-order valence-corrected chi connectivity index (χ1v) is 12.0. The first-order valence-electron chi connectivity index (χ1n) is 12.0. The summed E-state index contributed by atoms with van der Waals surface area (Å²) in [5.41, 5.74) is -0.0212. The number of rotatable bonds is 7. The van der Waals surface area contributed by atoms with Gasteiger partial charge in [0.25, 0.3) is 0 Å². The van der Waals surface area contributed by atoms with Crippen LogP contribution in [0.5, 0.6) is 0 Å². The van der Waals surface area contributed by atoms with Crippen LogP contribution in [0.4, 0.5) is 0 Å². The van der Waals surface area contributed by atoms with Gasteiger partial charge < -0.3 is 19.5 Å². The largest absolute Gasteiger partial charge is 0.389 e. The molecule has 6 nitrogen and oxygen atoms in total. The van der Waals surface area contributed by atoms with Gasteiger partial charge in [0.2, 0.25) is 5.91 Å². The third-order valence-electron chi connectivity index (χ3n) is 8.26. The van der Waals surface area contributed by atoms with Crippen LogP contribution in [0.3, 0.4) is 0 Å². The minimum atomic E-state index is -0.471. The fraction of sp³-hybridized carbons (Fsp3) is 0.957. The number of amides is 1. The first-order chi connectivity index (χ1) is 14.1. The fourth-order valence-electron chi connectivity index (χ4n) is 7.30. The molecule has 1 N–H and O–H groups in total. The van der Waals surface area contributed by atoms with Gasteiger partial charge in [-0.2, -0.15) is 0 Å². The van der Waals surface area contributed by atoms with Crippen molar-refractivity contribution < 1.29 is 19.4 Å². The molecule has 2 saturated heterocycles. The van der Waals surface area contributed by atoms with Crippen molar-refractivity contribution in [3.05, 3.63) is 0 Å². The molecule has 2 unspecified atom stereocenters. The molecule has 6 rings (SSSR count). The third kappa shape index (κ3) is 4.36. The van der Waals surface area contributed by atoms with Crippen molar-refractivity contribution in [3.63, 3.8) is 0 Å². The van der Waals surface area contributed by atoms with E-state index in [0.29, 0.717) is 25.7 Å². The van der Waals surface area contributed by atoms with Gasteiger partial charge >= 0.3 is 0 Å².